The molecule has 1 N–H and O–H groups in total. The molecule has 0 saturated carbocycles. The molecule has 9 heteroatoms. The van der Waals surface area contributed by atoms with E-state index in [9.17, 15) is 18.5 Å². The zero-order chi connectivity index (χ0) is 16.0. The molecule has 0 aliphatic rings. The minimum Gasteiger partial charge on any atom is -0.495 e. The highest BCUT2D eigenvalue weighted by atomic mass is 32.2. The molecular formula is C12H15N3O5S. The molecule has 0 aliphatic heterocycles. The van der Waals surface area contributed by atoms with Crippen LogP contribution >= 0.6 is 0 Å². The van der Waals surface area contributed by atoms with Crippen molar-refractivity contribution in [1.82, 2.24) is 4.72 Å². The van der Waals surface area contributed by atoms with Gasteiger partial charge in [-0.05, 0) is 12.5 Å². The molecule has 0 bridgehead atoms. The van der Waals surface area contributed by atoms with Crippen molar-refractivity contribution >= 4 is 15.7 Å². The highest BCUT2D eigenvalue weighted by Crippen LogP contribution is 2.28. The molecule has 0 saturated heterocycles. The molecule has 8 nitrogen and oxygen atoms in total. The van der Waals surface area contributed by atoms with E-state index in [-0.39, 0.29) is 16.3 Å². The van der Waals surface area contributed by atoms with Crippen LogP contribution in [0.2, 0.25) is 0 Å². The second kappa shape index (κ2) is 7.01. The predicted octanol–water partition coefficient (Wildman–Crippen LogP) is 1.57. The monoisotopic (exact) mass is 313 g/mol. The number of nitro groups is 1. The van der Waals surface area contributed by atoms with Crippen LogP contribution in [0.15, 0.2) is 23.1 Å². The van der Waals surface area contributed by atoms with E-state index in [4.69, 9.17) is 10.00 Å². The number of sulfonamides is 1. The van der Waals surface area contributed by atoms with Crippen molar-refractivity contribution in [2.75, 3.05) is 7.11 Å². The lowest BCUT2D eigenvalue weighted by molar-refractivity contribution is -0.385. The molecule has 0 heterocycles. The van der Waals surface area contributed by atoms with Crippen LogP contribution in [0.3, 0.4) is 0 Å². The van der Waals surface area contributed by atoms with Crippen molar-refractivity contribution in [2.24, 2.45) is 0 Å². The largest absolute Gasteiger partial charge is 0.495 e. The van der Waals surface area contributed by atoms with Gasteiger partial charge in [0.15, 0.2) is 0 Å². The topological polar surface area (TPSA) is 122 Å². The number of nitro benzene ring substituents is 1. The summed E-state index contributed by atoms with van der Waals surface area (Å²) in [6.45, 7) is 1.81. The maximum absolute atomic E-state index is 12.3. The first kappa shape index (κ1) is 16.9. The molecule has 1 unspecified atom stereocenters. The molecule has 0 radical (unpaired) electrons. The van der Waals surface area contributed by atoms with Crippen LogP contribution in [-0.2, 0) is 10.0 Å². The standard InChI is InChI=1S/C12H15N3O5S/c1-3-4-9(8-13)14-21(18,19)12-7-10(15(16)17)5-6-11(12)20-2/h5-7,9,14H,3-4H2,1-2H3. The number of methoxy groups -OCH3 is 1. The number of benzene rings is 1. The summed E-state index contributed by atoms with van der Waals surface area (Å²) in [7, 11) is -2.84. The van der Waals surface area contributed by atoms with E-state index < -0.39 is 21.0 Å². The summed E-state index contributed by atoms with van der Waals surface area (Å²) in [4.78, 5) is 9.69. The van der Waals surface area contributed by atoms with E-state index in [1.165, 1.54) is 13.2 Å². The summed E-state index contributed by atoms with van der Waals surface area (Å²) >= 11 is 0. The molecule has 1 atom stereocenters. The molecule has 21 heavy (non-hydrogen) atoms. The number of hydrogen-bond donors (Lipinski definition) is 1. The average molecular weight is 313 g/mol. The van der Waals surface area contributed by atoms with Crippen LogP contribution in [0, 0.1) is 21.4 Å². The maximum atomic E-state index is 12.3. The van der Waals surface area contributed by atoms with Crippen molar-refractivity contribution in [3.05, 3.63) is 28.3 Å². The highest BCUT2D eigenvalue weighted by molar-refractivity contribution is 7.89. The number of ether oxygens (including phenoxy) is 1. The van der Waals surface area contributed by atoms with Crippen molar-refractivity contribution in [3.63, 3.8) is 0 Å². The molecule has 0 aliphatic carbocycles. The number of rotatable bonds is 7. The number of nitriles is 1. The van der Waals surface area contributed by atoms with Crippen LogP contribution in [0.25, 0.3) is 0 Å². The number of non-ortho nitro benzene ring substituents is 1. The Bertz CT molecular complexity index is 666. The third kappa shape index (κ3) is 4.14. The molecule has 0 amide bonds. The summed E-state index contributed by atoms with van der Waals surface area (Å²) < 4.78 is 31.7. The summed E-state index contributed by atoms with van der Waals surface area (Å²) in [6.07, 6.45) is 0.958. The fourth-order valence-electron chi connectivity index (χ4n) is 1.68. The minimum absolute atomic E-state index is 0.0266. The number of hydrogen-bond acceptors (Lipinski definition) is 6. The van der Waals surface area contributed by atoms with Gasteiger partial charge in [-0.2, -0.15) is 9.98 Å². The molecule has 1 rings (SSSR count). The smallest absolute Gasteiger partial charge is 0.271 e. The minimum atomic E-state index is -4.09. The molecule has 1 aromatic carbocycles. The molecule has 0 aromatic heterocycles. The van der Waals surface area contributed by atoms with Gasteiger partial charge in [0.25, 0.3) is 5.69 Å². The van der Waals surface area contributed by atoms with E-state index >= 15 is 0 Å². The Morgan fingerprint density at radius 3 is 2.67 bits per heavy atom. The molecular weight excluding hydrogens is 298 g/mol. The summed E-state index contributed by atoms with van der Waals surface area (Å²) in [6, 6.07) is 4.19. The Morgan fingerprint density at radius 2 is 2.19 bits per heavy atom. The van der Waals surface area contributed by atoms with Crippen LogP contribution in [0.5, 0.6) is 5.75 Å². The Balaban J connectivity index is 3.26. The second-order valence-corrected chi connectivity index (χ2v) is 5.87. The fraction of sp³-hybridized carbons (Fsp3) is 0.417. The van der Waals surface area contributed by atoms with Gasteiger partial charge in [-0.25, -0.2) is 8.42 Å². The SMILES string of the molecule is CCCC(C#N)NS(=O)(=O)c1cc([N+](=O)[O-])ccc1OC. The maximum Gasteiger partial charge on any atom is 0.271 e. The van der Waals surface area contributed by atoms with Crippen molar-refractivity contribution in [3.8, 4) is 11.8 Å². The lowest BCUT2D eigenvalue weighted by atomic mass is 10.2. The van der Waals surface area contributed by atoms with E-state index in [0.717, 1.165) is 12.1 Å². The number of nitrogens with zero attached hydrogens (tertiary/aromatic N) is 2. The summed E-state index contributed by atoms with van der Waals surface area (Å²) in [5, 5.41) is 19.7. The fourth-order valence-corrected chi connectivity index (χ4v) is 3.04. The Labute approximate surface area is 122 Å². The van der Waals surface area contributed by atoms with Crippen LogP contribution in [-0.4, -0.2) is 26.5 Å². The average Bonchev–Trinajstić information content (AvgIpc) is 2.45. The Morgan fingerprint density at radius 1 is 1.52 bits per heavy atom. The van der Waals surface area contributed by atoms with Crippen molar-refractivity contribution in [1.29, 1.82) is 5.26 Å². The second-order valence-electron chi connectivity index (χ2n) is 4.18. The van der Waals surface area contributed by atoms with Crippen molar-refractivity contribution in [2.45, 2.75) is 30.7 Å². The van der Waals surface area contributed by atoms with Gasteiger partial charge in [0, 0.05) is 12.1 Å². The summed E-state index contributed by atoms with van der Waals surface area (Å²) in [5.74, 6) is -0.0266. The lowest BCUT2D eigenvalue weighted by Crippen LogP contribution is -2.33. The molecule has 0 spiro atoms. The Kier molecular flexibility index (Phi) is 5.63. The van der Waals surface area contributed by atoms with Crippen molar-refractivity contribution < 1.29 is 18.1 Å². The summed E-state index contributed by atoms with van der Waals surface area (Å²) in [5.41, 5.74) is -0.375. The van der Waals surface area contributed by atoms with Gasteiger partial charge in [0.05, 0.1) is 18.1 Å². The molecule has 1 aromatic rings. The van der Waals surface area contributed by atoms with Gasteiger partial charge < -0.3 is 4.74 Å². The first-order valence-electron chi connectivity index (χ1n) is 6.10. The quantitative estimate of drug-likeness (QED) is 0.602. The van der Waals surface area contributed by atoms with E-state index in [2.05, 4.69) is 4.72 Å². The van der Waals surface area contributed by atoms with Gasteiger partial charge in [0.1, 0.15) is 16.7 Å². The van der Waals surface area contributed by atoms with Crippen LogP contribution in [0.4, 0.5) is 5.69 Å². The van der Waals surface area contributed by atoms with Gasteiger partial charge in [0.2, 0.25) is 10.0 Å². The van der Waals surface area contributed by atoms with E-state index in [0.29, 0.717) is 12.8 Å². The normalized spacial score (nSPS) is 12.4. The van der Waals surface area contributed by atoms with E-state index in [1.807, 2.05) is 13.0 Å². The molecule has 0 fully saturated rings. The number of nitrogens with one attached hydrogen (secondary N) is 1. The predicted molar refractivity (Wildman–Crippen MR) is 74.3 cm³/mol. The lowest BCUT2D eigenvalue weighted by Gasteiger charge is -2.13. The first-order chi connectivity index (χ1) is 9.85. The highest BCUT2D eigenvalue weighted by Gasteiger charge is 2.25. The Hall–Kier alpha value is -2.18. The van der Waals surface area contributed by atoms with E-state index in [1.54, 1.807) is 0 Å². The third-order valence-electron chi connectivity index (χ3n) is 2.68. The van der Waals surface area contributed by atoms with Gasteiger partial charge in [-0.3, -0.25) is 10.1 Å². The molecule has 114 valence electrons. The van der Waals surface area contributed by atoms with Gasteiger partial charge >= 0.3 is 0 Å². The van der Waals surface area contributed by atoms with Gasteiger partial charge in [-0.1, -0.05) is 13.3 Å². The third-order valence-corrected chi connectivity index (χ3v) is 4.17. The zero-order valence-corrected chi connectivity index (χ0v) is 12.4. The van der Waals surface area contributed by atoms with Gasteiger partial charge in [-0.15, -0.1) is 0 Å². The zero-order valence-electron chi connectivity index (χ0n) is 11.6. The van der Waals surface area contributed by atoms with Crippen LogP contribution in [0.1, 0.15) is 19.8 Å². The van der Waals surface area contributed by atoms with Crippen LogP contribution < -0.4 is 9.46 Å². The first-order valence-corrected chi connectivity index (χ1v) is 7.58.